The number of benzene rings is 2. The van der Waals surface area contributed by atoms with Gasteiger partial charge in [-0.25, -0.2) is 13.6 Å². The van der Waals surface area contributed by atoms with E-state index in [1.54, 1.807) is 26.0 Å². The van der Waals surface area contributed by atoms with Crippen LogP contribution in [0, 0.1) is 11.6 Å². The van der Waals surface area contributed by atoms with Gasteiger partial charge in [0.1, 0.15) is 23.8 Å². The van der Waals surface area contributed by atoms with Crippen molar-refractivity contribution in [2.45, 2.75) is 20.3 Å². The van der Waals surface area contributed by atoms with Crippen LogP contribution in [0.15, 0.2) is 51.4 Å². The highest BCUT2D eigenvalue weighted by molar-refractivity contribution is 9.10. The number of hydrogen-bond acceptors (Lipinski definition) is 6. The van der Waals surface area contributed by atoms with Crippen LogP contribution in [0.25, 0.3) is 5.76 Å². The van der Waals surface area contributed by atoms with Gasteiger partial charge in [-0.05, 0) is 50.2 Å². The molecule has 0 saturated heterocycles. The van der Waals surface area contributed by atoms with Gasteiger partial charge in [-0.1, -0.05) is 31.9 Å². The van der Waals surface area contributed by atoms with E-state index < -0.39 is 41.5 Å². The lowest BCUT2D eigenvalue weighted by Gasteiger charge is -2.03. The molecule has 0 aliphatic carbocycles. The normalized spacial score (nSPS) is 10.6. The maximum absolute atomic E-state index is 13.4. The zero-order valence-electron chi connectivity index (χ0n) is 17.2. The van der Waals surface area contributed by atoms with Crippen molar-refractivity contribution in [3.05, 3.63) is 74.2 Å². The number of ketones is 1. The van der Waals surface area contributed by atoms with Crippen LogP contribution in [0.5, 0.6) is 0 Å². The van der Waals surface area contributed by atoms with Crippen LogP contribution in [0.4, 0.5) is 8.78 Å². The molecule has 6 nitrogen and oxygen atoms in total. The van der Waals surface area contributed by atoms with Crippen LogP contribution >= 0.6 is 31.9 Å². The average Bonchev–Trinajstić information content (AvgIpc) is 2.68. The van der Waals surface area contributed by atoms with Gasteiger partial charge in [0.25, 0.3) is 0 Å². The molecule has 0 unspecified atom stereocenters. The quantitative estimate of drug-likeness (QED) is 0.148. The van der Waals surface area contributed by atoms with E-state index in [4.69, 9.17) is 0 Å². The molecule has 0 bridgehead atoms. The number of carbonyl (C=O) groups excluding carboxylic acids is 3. The standard InChI is InChI=1S/2C11H10BrFO3/c2*1-2-16-11(15)6-10(14)8-4-3-7(12)5-9(8)13/h3-5H,2,6H2,1H3;3-6,14H,2H2,1H3/b;10-6-. The van der Waals surface area contributed by atoms with Crippen molar-refractivity contribution < 1.29 is 37.7 Å². The summed E-state index contributed by atoms with van der Waals surface area (Å²) in [6, 6.07) is 8.18. The second-order valence-corrected chi connectivity index (χ2v) is 7.77. The molecule has 0 fully saturated rings. The fourth-order valence-electron chi connectivity index (χ4n) is 2.22. The zero-order valence-corrected chi connectivity index (χ0v) is 20.3. The van der Waals surface area contributed by atoms with E-state index in [2.05, 4.69) is 41.3 Å². The smallest absolute Gasteiger partial charge is 0.334 e. The number of halogens is 4. The molecule has 0 saturated carbocycles. The van der Waals surface area contributed by atoms with E-state index in [0.717, 1.165) is 6.08 Å². The van der Waals surface area contributed by atoms with Crippen molar-refractivity contribution in [2.24, 2.45) is 0 Å². The van der Waals surface area contributed by atoms with Gasteiger partial charge < -0.3 is 14.6 Å². The molecule has 10 heteroatoms. The summed E-state index contributed by atoms with van der Waals surface area (Å²) in [5, 5.41) is 9.49. The van der Waals surface area contributed by atoms with E-state index in [1.807, 2.05) is 0 Å². The average molecular weight is 578 g/mol. The summed E-state index contributed by atoms with van der Waals surface area (Å²) < 4.78 is 37.0. The molecule has 172 valence electrons. The summed E-state index contributed by atoms with van der Waals surface area (Å²) in [4.78, 5) is 33.6. The maximum Gasteiger partial charge on any atom is 0.334 e. The minimum absolute atomic E-state index is 0.0451. The van der Waals surface area contributed by atoms with Crippen LogP contribution in [0.3, 0.4) is 0 Å². The van der Waals surface area contributed by atoms with Gasteiger partial charge in [0.15, 0.2) is 5.78 Å². The topological polar surface area (TPSA) is 89.9 Å². The van der Waals surface area contributed by atoms with Crippen molar-refractivity contribution >= 4 is 55.3 Å². The van der Waals surface area contributed by atoms with Gasteiger partial charge in [-0.2, -0.15) is 0 Å². The van der Waals surface area contributed by atoms with Gasteiger partial charge in [-0.3, -0.25) is 9.59 Å². The Kier molecular flexibility index (Phi) is 11.8. The van der Waals surface area contributed by atoms with Crippen molar-refractivity contribution in [2.75, 3.05) is 13.2 Å². The molecule has 1 N–H and O–H groups in total. The Morgan fingerprint density at radius 2 is 1.41 bits per heavy atom. The number of Topliss-reactive ketones (excluding diaryl/α,β-unsaturated/α-hetero) is 1. The minimum Gasteiger partial charge on any atom is -0.507 e. The number of ether oxygens (including phenoxy) is 2. The molecule has 0 aromatic heterocycles. The third-order valence-electron chi connectivity index (χ3n) is 3.59. The summed E-state index contributed by atoms with van der Waals surface area (Å²) in [6.07, 6.45) is 0.405. The van der Waals surface area contributed by atoms with Crippen LogP contribution in [-0.2, 0) is 19.1 Å². The number of esters is 2. The molecular weight excluding hydrogens is 558 g/mol. The lowest BCUT2D eigenvalue weighted by molar-refractivity contribution is -0.142. The second-order valence-electron chi connectivity index (χ2n) is 5.93. The molecule has 0 spiro atoms. The van der Waals surface area contributed by atoms with E-state index in [0.29, 0.717) is 8.95 Å². The predicted molar refractivity (Wildman–Crippen MR) is 121 cm³/mol. The Morgan fingerprint density at radius 3 is 1.88 bits per heavy atom. The molecule has 0 radical (unpaired) electrons. The van der Waals surface area contributed by atoms with Gasteiger partial charge in [0, 0.05) is 8.95 Å². The number of carbonyl (C=O) groups is 3. The van der Waals surface area contributed by atoms with E-state index >= 15 is 0 Å². The summed E-state index contributed by atoms with van der Waals surface area (Å²) in [5.41, 5.74) is -0.146. The Bertz CT molecular complexity index is 1010. The molecule has 0 amide bonds. The molecule has 2 aromatic carbocycles. The molecule has 2 aromatic rings. The van der Waals surface area contributed by atoms with Gasteiger partial charge in [0.05, 0.1) is 30.4 Å². The monoisotopic (exact) mass is 576 g/mol. The first-order chi connectivity index (χ1) is 15.1. The van der Waals surface area contributed by atoms with Crippen molar-refractivity contribution in [1.82, 2.24) is 0 Å². The molecule has 0 aliphatic heterocycles. The summed E-state index contributed by atoms with van der Waals surface area (Å²) >= 11 is 6.17. The molecular formula is C22H20Br2F2O6. The van der Waals surface area contributed by atoms with Gasteiger partial charge in [-0.15, -0.1) is 0 Å². The Morgan fingerprint density at radius 1 is 0.906 bits per heavy atom. The fraction of sp³-hybridized carbons (Fsp3) is 0.227. The van der Waals surface area contributed by atoms with Crippen LogP contribution in [0.2, 0.25) is 0 Å². The third kappa shape index (κ3) is 9.27. The van der Waals surface area contributed by atoms with Crippen molar-refractivity contribution in [1.29, 1.82) is 0 Å². The van der Waals surface area contributed by atoms with Crippen LogP contribution in [0.1, 0.15) is 36.2 Å². The highest BCUT2D eigenvalue weighted by atomic mass is 79.9. The van der Waals surface area contributed by atoms with Crippen LogP contribution in [-0.4, -0.2) is 36.0 Å². The van der Waals surface area contributed by atoms with Gasteiger partial charge >= 0.3 is 11.9 Å². The van der Waals surface area contributed by atoms with E-state index in [1.165, 1.54) is 24.3 Å². The van der Waals surface area contributed by atoms with Gasteiger partial charge in [0.2, 0.25) is 0 Å². The third-order valence-corrected chi connectivity index (χ3v) is 4.58. The van der Waals surface area contributed by atoms with Crippen molar-refractivity contribution in [3.63, 3.8) is 0 Å². The maximum atomic E-state index is 13.4. The van der Waals surface area contributed by atoms with E-state index in [9.17, 15) is 28.3 Å². The lowest BCUT2D eigenvalue weighted by atomic mass is 10.1. The molecule has 2 rings (SSSR count). The lowest BCUT2D eigenvalue weighted by Crippen LogP contribution is -2.12. The zero-order chi connectivity index (χ0) is 24.3. The summed E-state index contributed by atoms with van der Waals surface area (Å²) in [5.74, 6) is -3.65. The molecule has 0 atom stereocenters. The Labute approximate surface area is 200 Å². The van der Waals surface area contributed by atoms with Crippen molar-refractivity contribution in [3.8, 4) is 0 Å². The summed E-state index contributed by atoms with van der Waals surface area (Å²) in [7, 11) is 0. The second kappa shape index (κ2) is 13.7. The number of rotatable bonds is 7. The fourth-order valence-corrected chi connectivity index (χ4v) is 2.89. The predicted octanol–water partition coefficient (Wildman–Crippen LogP) is 5.77. The molecule has 0 aliphatic rings. The first-order valence-corrected chi connectivity index (χ1v) is 10.8. The highest BCUT2D eigenvalue weighted by Crippen LogP contribution is 2.20. The first kappa shape index (κ1) is 27.4. The van der Waals surface area contributed by atoms with Crippen LogP contribution < -0.4 is 0 Å². The molecule has 32 heavy (non-hydrogen) atoms. The number of aliphatic hydroxyl groups is 1. The Hall–Kier alpha value is -2.59. The Balaban J connectivity index is 0.000000320. The number of aliphatic hydroxyl groups excluding tert-OH is 1. The highest BCUT2D eigenvalue weighted by Gasteiger charge is 2.16. The summed E-state index contributed by atoms with van der Waals surface area (Å²) in [6.45, 7) is 3.69. The largest absolute Gasteiger partial charge is 0.507 e. The number of hydrogen-bond donors (Lipinski definition) is 1. The SMILES string of the molecule is CCOC(=O)/C=C(\O)c1ccc(Br)cc1F.CCOC(=O)CC(=O)c1ccc(Br)cc1F. The first-order valence-electron chi connectivity index (χ1n) is 9.25. The molecule has 0 heterocycles. The minimum atomic E-state index is -0.706. The van der Waals surface area contributed by atoms with E-state index in [-0.39, 0.29) is 24.3 Å².